The van der Waals surface area contributed by atoms with Gasteiger partial charge in [-0.15, -0.1) is 0 Å². The molecule has 0 spiro atoms. The van der Waals surface area contributed by atoms with Crippen LogP contribution < -0.4 is 0 Å². The highest BCUT2D eigenvalue weighted by molar-refractivity contribution is 5.60. The highest BCUT2D eigenvalue weighted by atomic mass is 14.8. The third-order valence-electron chi connectivity index (χ3n) is 1.82. The summed E-state index contributed by atoms with van der Waals surface area (Å²) in [5.41, 5.74) is 2.31. The molecule has 2 rings (SSSR count). The molecule has 0 atom stereocenters. The van der Waals surface area contributed by atoms with Crippen LogP contribution in [0.15, 0.2) is 36.7 Å². The van der Waals surface area contributed by atoms with Gasteiger partial charge < -0.3 is 0 Å². The van der Waals surface area contributed by atoms with Crippen molar-refractivity contribution in [3.63, 3.8) is 0 Å². The Bertz CT molecular complexity index is 471. The minimum absolute atomic E-state index is 0.626. The Hall–Kier alpha value is -2.21. The van der Waals surface area contributed by atoms with Crippen LogP contribution in [0.25, 0.3) is 11.3 Å². The van der Waals surface area contributed by atoms with Gasteiger partial charge in [0.1, 0.15) is 6.33 Å². The zero-order valence-electron chi connectivity index (χ0n) is 7.31. The third-order valence-corrected chi connectivity index (χ3v) is 1.82. The first-order valence-corrected chi connectivity index (χ1v) is 4.09. The van der Waals surface area contributed by atoms with E-state index in [0.29, 0.717) is 5.56 Å². The Balaban J connectivity index is 2.49. The highest BCUT2D eigenvalue weighted by Crippen LogP contribution is 2.16. The average Bonchev–Trinajstić information content (AvgIpc) is 2.30. The summed E-state index contributed by atoms with van der Waals surface area (Å²) in [5.74, 6) is 0. The van der Waals surface area contributed by atoms with Crippen molar-refractivity contribution < 1.29 is 0 Å². The second-order valence-corrected chi connectivity index (χ2v) is 2.72. The van der Waals surface area contributed by atoms with Gasteiger partial charge in [0.25, 0.3) is 0 Å². The number of nitriles is 1. The van der Waals surface area contributed by atoms with Gasteiger partial charge in [-0.3, -0.25) is 0 Å². The van der Waals surface area contributed by atoms with E-state index in [-0.39, 0.29) is 0 Å². The fraction of sp³-hybridized carbons (Fsp3) is 0. The molecule has 0 unspecified atom stereocenters. The summed E-state index contributed by atoms with van der Waals surface area (Å²) in [6, 6.07) is 11.0. The van der Waals surface area contributed by atoms with Crippen molar-refractivity contribution in [2.75, 3.05) is 0 Å². The number of benzene rings is 1. The van der Waals surface area contributed by atoms with Gasteiger partial charge in [-0.2, -0.15) is 5.26 Å². The van der Waals surface area contributed by atoms with Gasteiger partial charge >= 0.3 is 0 Å². The van der Waals surface area contributed by atoms with Crippen molar-refractivity contribution in [3.8, 4) is 17.3 Å². The lowest BCUT2D eigenvalue weighted by molar-refractivity contribution is 1.16. The lowest BCUT2D eigenvalue weighted by atomic mass is 10.1. The van der Waals surface area contributed by atoms with Gasteiger partial charge in [-0.25, -0.2) is 9.97 Å². The summed E-state index contributed by atoms with van der Waals surface area (Å²) < 4.78 is 0. The maximum Gasteiger partial charge on any atom is 0.116 e. The first kappa shape index (κ1) is 8.39. The molecule has 1 heterocycles. The van der Waals surface area contributed by atoms with Crippen LogP contribution in [0.2, 0.25) is 0 Å². The van der Waals surface area contributed by atoms with Crippen molar-refractivity contribution in [3.05, 3.63) is 48.4 Å². The molecular formula is C11H6N3. The molecule has 1 radical (unpaired) electrons. The van der Waals surface area contributed by atoms with Crippen LogP contribution in [0.4, 0.5) is 0 Å². The molecule has 0 bridgehead atoms. The van der Waals surface area contributed by atoms with E-state index < -0.39 is 0 Å². The summed E-state index contributed by atoms with van der Waals surface area (Å²) >= 11 is 0. The quantitative estimate of drug-likeness (QED) is 0.672. The molecule has 1 aromatic carbocycles. The second-order valence-electron chi connectivity index (χ2n) is 2.72. The molecule has 2 aromatic rings. The van der Waals surface area contributed by atoms with E-state index in [9.17, 15) is 0 Å². The largest absolute Gasteiger partial charge is 0.236 e. The summed E-state index contributed by atoms with van der Waals surface area (Å²) in [6.07, 6.45) is 4.14. The van der Waals surface area contributed by atoms with E-state index in [0.717, 1.165) is 11.3 Å². The van der Waals surface area contributed by atoms with Crippen molar-refractivity contribution >= 4 is 0 Å². The highest BCUT2D eigenvalue weighted by Gasteiger charge is 1.98. The molecule has 0 saturated carbocycles. The summed E-state index contributed by atoms with van der Waals surface area (Å²) in [7, 11) is 0. The van der Waals surface area contributed by atoms with Gasteiger partial charge in [0.05, 0.1) is 23.5 Å². The predicted molar refractivity (Wildman–Crippen MR) is 51.0 cm³/mol. The van der Waals surface area contributed by atoms with E-state index in [4.69, 9.17) is 5.26 Å². The molecule has 0 fully saturated rings. The van der Waals surface area contributed by atoms with Crippen molar-refractivity contribution in [2.45, 2.75) is 0 Å². The lowest BCUT2D eigenvalue weighted by Crippen LogP contribution is -1.84. The van der Waals surface area contributed by atoms with Gasteiger partial charge in [-0.05, 0) is 18.2 Å². The van der Waals surface area contributed by atoms with Gasteiger partial charge in [0.15, 0.2) is 0 Å². The molecular weight excluding hydrogens is 174 g/mol. The van der Waals surface area contributed by atoms with E-state index in [1.54, 1.807) is 18.2 Å². The summed E-state index contributed by atoms with van der Waals surface area (Å²) in [5, 5.41) is 8.72. The molecule has 0 aliphatic rings. The molecule has 0 N–H and O–H groups in total. The first-order valence-electron chi connectivity index (χ1n) is 4.09. The van der Waals surface area contributed by atoms with Crippen LogP contribution in [0.3, 0.4) is 0 Å². The molecule has 1 aromatic heterocycles. The second kappa shape index (κ2) is 3.67. The first-order chi connectivity index (χ1) is 6.90. The Morgan fingerprint density at radius 2 is 2.29 bits per heavy atom. The minimum atomic E-state index is 0.626. The number of aromatic nitrogens is 2. The Kier molecular flexibility index (Phi) is 2.20. The maximum absolute atomic E-state index is 8.72. The van der Waals surface area contributed by atoms with Crippen molar-refractivity contribution in [1.82, 2.24) is 9.97 Å². The standard InChI is InChI=1S/C11H6N3/c12-7-9-2-1-3-10(6-9)11-4-5-13-8-14-11/h1-4,6,8H. The van der Waals surface area contributed by atoms with Crippen LogP contribution in [0.5, 0.6) is 0 Å². The summed E-state index contributed by atoms with van der Waals surface area (Å²) in [6.45, 7) is 0. The average molecular weight is 180 g/mol. The molecule has 0 amide bonds. The Labute approximate surface area is 81.7 Å². The van der Waals surface area contributed by atoms with E-state index in [2.05, 4.69) is 22.2 Å². The number of hydrogen-bond acceptors (Lipinski definition) is 3. The van der Waals surface area contributed by atoms with Crippen LogP contribution in [0, 0.1) is 17.5 Å². The maximum atomic E-state index is 8.72. The minimum Gasteiger partial charge on any atom is -0.236 e. The van der Waals surface area contributed by atoms with Crippen LogP contribution in [-0.2, 0) is 0 Å². The molecule has 0 aliphatic heterocycles. The lowest BCUT2D eigenvalue weighted by Gasteiger charge is -1.98. The fourth-order valence-electron chi connectivity index (χ4n) is 1.17. The van der Waals surface area contributed by atoms with Crippen molar-refractivity contribution in [1.29, 1.82) is 5.26 Å². The fourth-order valence-corrected chi connectivity index (χ4v) is 1.17. The van der Waals surface area contributed by atoms with Crippen LogP contribution >= 0.6 is 0 Å². The molecule has 0 aliphatic carbocycles. The zero-order chi connectivity index (χ0) is 9.80. The van der Waals surface area contributed by atoms with Gasteiger partial charge in [0.2, 0.25) is 0 Å². The number of nitrogens with zero attached hydrogens (tertiary/aromatic N) is 3. The monoisotopic (exact) mass is 180 g/mol. The zero-order valence-corrected chi connectivity index (χ0v) is 7.31. The van der Waals surface area contributed by atoms with Crippen LogP contribution in [-0.4, -0.2) is 9.97 Å². The van der Waals surface area contributed by atoms with Gasteiger partial charge in [0, 0.05) is 5.56 Å². The summed E-state index contributed by atoms with van der Waals surface area (Å²) in [4.78, 5) is 7.78. The Morgan fingerprint density at radius 3 is 3.00 bits per heavy atom. The molecule has 0 saturated heterocycles. The SMILES string of the molecule is N#Cc1cccc(-c2c[c]ncn2)c1. The van der Waals surface area contributed by atoms with E-state index in [1.807, 2.05) is 12.1 Å². The van der Waals surface area contributed by atoms with Crippen LogP contribution in [0.1, 0.15) is 5.56 Å². The third kappa shape index (κ3) is 1.59. The molecule has 3 nitrogen and oxygen atoms in total. The molecule has 14 heavy (non-hydrogen) atoms. The van der Waals surface area contributed by atoms with Crippen molar-refractivity contribution in [2.24, 2.45) is 0 Å². The van der Waals surface area contributed by atoms with Gasteiger partial charge in [-0.1, -0.05) is 12.1 Å². The Morgan fingerprint density at radius 1 is 1.36 bits per heavy atom. The predicted octanol–water partition coefficient (Wildman–Crippen LogP) is 1.82. The molecule has 65 valence electrons. The van der Waals surface area contributed by atoms with E-state index in [1.165, 1.54) is 6.33 Å². The van der Waals surface area contributed by atoms with E-state index >= 15 is 0 Å². The normalized spacial score (nSPS) is 9.36. The molecule has 3 heteroatoms. The number of rotatable bonds is 1. The number of hydrogen-bond donors (Lipinski definition) is 0. The topological polar surface area (TPSA) is 49.6 Å². The smallest absolute Gasteiger partial charge is 0.116 e.